The van der Waals surface area contributed by atoms with Crippen molar-refractivity contribution in [1.29, 1.82) is 5.26 Å². The van der Waals surface area contributed by atoms with Crippen LogP contribution in [0.1, 0.15) is 30.6 Å². The molecule has 0 fully saturated rings. The number of hydrogen-bond acceptors (Lipinski definition) is 5. The Labute approximate surface area is 117 Å². The number of nitriles is 1. The molecule has 0 saturated carbocycles. The number of methoxy groups -OCH3 is 1. The first-order valence-corrected chi connectivity index (χ1v) is 6.18. The standard InChI is InChI=1S/C14H18N2O4/c1-9(17)16-6-5-12(18)14(19)11-7-10(8-15)3-4-13(11)20-2/h3-4,7,12,14,18-19H,5-6H2,1-2H3,(H,16,17). The molecule has 108 valence electrons. The highest BCUT2D eigenvalue weighted by Crippen LogP contribution is 2.29. The lowest BCUT2D eigenvalue weighted by Gasteiger charge is -2.20. The summed E-state index contributed by atoms with van der Waals surface area (Å²) in [5, 5.41) is 31.5. The first-order valence-electron chi connectivity index (χ1n) is 6.18. The van der Waals surface area contributed by atoms with Crippen molar-refractivity contribution in [2.75, 3.05) is 13.7 Å². The van der Waals surface area contributed by atoms with Crippen LogP contribution < -0.4 is 10.1 Å². The maximum atomic E-state index is 10.7. The Morgan fingerprint density at radius 1 is 1.50 bits per heavy atom. The molecule has 0 aromatic heterocycles. The highest BCUT2D eigenvalue weighted by molar-refractivity contribution is 5.72. The van der Waals surface area contributed by atoms with Crippen molar-refractivity contribution in [2.45, 2.75) is 25.6 Å². The lowest BCUT2D eigenvalue weighted by Crippen LogP contribution is -2.27. The maximum absolute atomic E-state index is 10.7. The van der Waals surface area contributed by atoms with Crippen LogP contribution in [0.3, 0.4) is 0 Å². The van der Waals surface area contributed by atoms with E-state index in [2.05, 4.69) is 5.32 Å². The summed E-state index contributed by atoms with van der Waals surface area (Å²) in [5.41, 5.74) is 0.718. The number of aliphatic hydroxyl groups is 2. The number of ether oxygens (including phenoxy) is 1. The number of carbonyl (C=O) groups excluding carboxylic acids is 1. The summed E-state index contributed by atoms with van der Waals surface area (Å²) in [6.45, 7) is 1.63. The third-order valence-corrected chi connectivity index (χ3v) is 2.86. The summed E-state index contributed by atoms with van der Waals surface area (Å²) < 4.78 is 5.11. The highest BCUT2D eigenvalue weighted by Gasteiger charge is 2.22. The Kier molecular flexibility index (Phi) is 5.97. The third-order valence-electron chi connectivity index (χ3n) is 2.86. The van der Waals surface area contributed by atoms with Crippen molar-refractivity contribution >= 4 is 5.91 Å². The van der Waals surface area contributed by atoms with Gasteiger partial charge in [-0.25, -0.2) is 0 Å². The molecule has 0 heterocycles. The average Bonchev–Trinajstić information content (AvgIpc) is 2.45. The minimum absolute atomic E-state index is 0.195. The van der Waals surface area contributed by atoms with Gasteiger partial charge in [0.25, 0.3) is 0 Å². The number of rotatable bonds is 6. The summed E-state index contributed by atoms with van der Waals surface area (Å²) in [5.74, 6) is 0.200. The van der Waals surface area contributed by atoms with Crippen molar-refractivity contribution in [3.63, 3.8) is 0 Å². The molecule has 1 aromatic carbocycles. The number of aliphatic hydroxyl groups excluding tert-OH is 2. The number of carbonyl (C=O) groups is 1. The fourth-order valence-electron chi connectivity index (χ4n) is 1.80. The summed E-state index contributed by atoms with van der Waals surface area (Å²) >= 11 is 0. The molecule has 0 aliphatic carbocycles. The number of nitrogens with zero attached hydrogens (tertiary/aromatic N) is 1. The monoisotopic (exact) mass is 278 g/mol. The molecule has 0 spiro atoms. The van der Waals surface area contributed by atoms with E-state index >= 15 is 0 Å². The Morgan fingerprint density at radius 2 is 2.20 bits per heavy atom. The van der Waals surface area contributed by atoms with Gasteiger partial charge in [0.05, 0.1) is 24.8 Å². The molecular weight excluding hydrogens is 260 g/mol. The molecule has 1 rings (SSSR count). The topological polar surface area (TPSA) is 103 Å². The lowest BCUT2D eigenvalue weighted by atomic mass is 9.99. The minimum atomic E-state index is -1.19. The zero-order chi connectivity index (χ0) is 15.1. The van der Waals surface area contributed by atoms with Crippen LogP contribution in [0.2, 0.25) is 0 Å². The van der Waals surface area contributed by atoms with Gasteiger partial charge in [0.15, 0.2) is 0 Å². The number of benzene rings is 1. The molecule has 1 amide bonds. The van der Waals surface area contributed by atoms with Crippen molar-refractivity contribution in [3.05, 3.63) is 29.3 Å². The first-order chi connectivity index (χ1) is 9.49. The lowest BCUT2D eigenvalue weighted by molar-refractivity contribution is -0.119. The van der Waals surface area contributed by atoms with Crippen molar-refractivity contribution in [3.8, 4) is 11.8 Å². The van der Waals surface area contributed by atoms with E-state index in [1.807, 2.05) is 6.07 Å². The molecule has 2 atom stereocenters. The van der Waals surface area contributed by atoms with Gasteiger partial charge in [0.1, 0.15) is 11.9 Å². The van der Waals surface area contributed by atoms with Crippen LogP contribution >= 0.6 is 0 Å². The van der Waals surface area contributed by atoms with Gasteiger partial charge in [-0.05, 0) is 24.6 Å². The van der Waals surface area contributed by atoms with Crippen LogP contribution in [0.4, 0.5) is 0 Å². The normalized spacial score (nSPS) is 13.2. The molecule has 0 aliphatic heterocycles. The van der Waals surface area contributed by atoms with E-state index in [9.17, 15) is 15.0 Å². The van der Waals surface area contributed by atoms with Gasteiger partial charge < -0.3 is 20.3 Å². The molecule has 0 saturated heterocycles. The Hall–Kier alpha value is -2.10. The maximum Gasteiger partial charge on any atom is 0.216 e. The molecule has 20 heavy (non-hydrogen) atoms. The third kappa shape index (κ3) is 4.23. The van der Waals surface area contributed by atoms with Gasteiger partial charge in [0.2, 0.25) is 5.91 Å². The Morgan fingerprint density at radius 3 is 2.75 bits per heavy atom. The van der Waals surface area contributed by atoms with Gasteiger partial charge >= 0.3 is 0 Å². The van der Waals surface area contributed by atoms with Gasteiger partial charge in [-0.15, -0.1) is 0 Å². The number of amides is 1. The van der Waals surface area contributed by atoms with Crippen LogP contribution in [-0.2, 0) is 4.79 Å². The van der Waals surface area contributed by atoms with Gasteiger partial charge in [0, 0.05) is 19.0 Å². The van der Waals surface area contributed by atoms with Gasteiger partial charge in [-0.3, -0.25) is 4.79 Å². The van der Waals surface area contributed by atoms with E-state index < -0.39 is 12.2 Å². The number of nitrogens with one attached hydrogen (secondary N) is 1. The smallest absolute Gasteiger partial charge is 0.216 e. The second kappa shape index (κ2) is 7.48. The summed E-state index contributed by atoms with van der Waals surface area (Å²) in [6, 6.07) is 6.58. The molecule has 0 bridgehead atoms. The van der Waals surface area contributed by atoms with E-state index in [-0.39, 0.29) is 18.9 Å². The predicted molar refractivity (Wildman–Crippen MR) is 72.0 cm³/mol. The van der Waals surface area contributed by atoms with Crippen LogP contribution in [0.15, 0.2) is 18.2 Å². The van der Waals surface area contributed by atoms with Crippen molar-refractivity contribution in [2.24, 2.45) is 0 Å². The van der Waals surface area contributed by atoms with E-state index in [0.717, 1.165) is 0 Å². The molecule has 2 unspecified atom stereocenters. The fraction of sp³-hybridized carbons (Fsp3) is 0.429. The quantitative estimate of drug-likeness (QED) is 0.702. The Bertz CT molecular complexity index is 510. The summed E-state index contributed by atoms with van der Waals surface area (Å²) in [6.07, 6.45) is -2.06. The molecule has 6 heteroatoms. The SMILES string of the molecule is COc1ccc(C#N)cc1C(O)C(O)CCNC(C)=O. The molecule has 1 aromatic rings. The van der Waals surface area contributed by atoms with Crippen LogP contribution in [0, 0.1) is 11.3 Å². The predicted octanol–water partition coefficient (Wildman–Crippen LogP) is 0.487. The molecule has 6 nitrogen and oxygen atoms in total. The van der Waals surface area contributed by atoms with Crippen LogP contribution in [-0.4, -0.2) is 35.9 Å². The first kappa shape index (κ1) is 16.0. The van der Waals surface area contributed by atoms with Crippen LogP contribution in [0.5, 0.6) is 5.75 Å². The average molecular weight is 278 g/mol. The zero-order valence-electron chi connectivity index (χ0n) is 11.5. The highest BCUT2D eigenvalue weighted by atomic mass is 16.5. The molecule has 0 aliphatic rings. The molecule has 0 radical (unpaired) electrons. The van der Waals surface area contributed by atoms with E-state index in [0.29, 0.717) is 16.9 Å². The zero-order valence-corrected chi connectivity index (χ0v) is 11.5. The second-order valence-electron chi connectivity index (χ2n) is 4.35. The van der Waals surface area contributed by atoms with Crippen molar-refractivity contribution < 1.29 is 19.7 Å². The van der Waals surface area contributed by atoms with Gasteiger partial charge in [-0.1, -0.05) is 0 Å². The number of hydrogen-bond donors (Lipinski definition) is 3. The molecule has 3 N–H and O–H groups in total. The van der Waals surface area contributed by atoms with E-state index in [1.165, 1.54) is 20.1 Å². The Balaban J connectivity index is 2.81. The van der Waals surface area contributed by atoms with Crippen LogP contribution in [0.25, 0.3) is 0 Å². The van der Waals surface area contributed by atoms with Crippen molar-refractivity contribution in [1.82, 2.24) is 5.32 Å². The van der Waals surface area contributed by atoms with E-state index in [1.54, 1.807) is 12.1 Å². The minimum Gasteiger partial charge on any atom is -0.496 e. The fourth-order valence-corrected chi connectivity index (χ4v) is 1.80. The summed E-state index contributed by atoms with van der Waals surface area (Å²) in [4.78, 5) is 10.7. The van der Waals surface area contributed by atoms with E-state index in [4.69, 9.17) is 10.00 Å². The molecular formula is C14H18N2O4. The summed E-state index contributed by atoms with van der Waals surface area (Å²) in [7, 11) is 1.45. The second-order valence-corrected chi connectivity index (χ2v) is 4.35. The van der Waals surface area contributed by atoms with Gasteiger partial charge in [-0.2, -0.15) is 5.26 Å². The largest absolute Gasteiger partial charge is 0.496 e.